The van der Waals surface area contributed by atoms with Crippen LogP contribution in [0.25, 0.3) is 17.1 Å². The van der Waals surface area contributed by atoms with E-state index in [4.69, 9.17) is 9.47 Å². The Labute approximate surface area is 203 Å². The van der Waals surface area contributed by atoms with Crippen LogP contribution in [0.1, 0.15) is 30.9 Å². The SMILES string of the molecule is COc1cc(-c2ccc(F)cc2F)nc(C(C)(C)c2cc(OC)cc(-n3ccc(C(F)(F)F)n3)n2)c1. The van der Waals surface area contributed by atoms with Gasteiger partial charge in [0.1, 0.15) is 23.1 Å². The van der Waals surface area contributed by atoms with E-state index < -0.39 is 28.9 Å². The minimum absolute atomic E-state index is 0.0721. The number of nitrogens with zero attached hydrogens (tertiary/aromatic N) is 4. The molecular formula is C25H21F5N4O2. The van der Waals surface area contributed by atoms with E-state index in [-0.39, 0.29) is 17.1 Å². The maximum Gasteiger partial charge on any atom is 0.435 e. The van der Waals surface area contributed by atoms with Crippen molar-refractivity contribution < 1.29 is 31.4 Å². The van der Waals surface area contributed by atoms with Gasteiger partial charge in [-0.2, -0.15) is 18.3 Å². The first-order chi connectivity index (χ1) is 16.9. The lowest BCUT2D eigenvalue weighted by Crippen LogP contribution is -2.23. The molecule has 6 nitrogen and oxygen atoms in total. The van der Waals surface area contributed by atoms with Gasteiger partial charge in [0.15, 0.2) is 11.5 Å². The summed E-state index contributed by atoms with van der Waals surface area (Å²) in [6.07, 6.45) is -3.46. The third kappa shape index (κ3) is 4.86. The Kier molecular flexibility index (Phi) is 6.42. The van der Waals surface area contributed by atoms with Crippen molar-refractivity contribution in [2.75, 3.05) is 14.2 Å². The first-order valence-electron chi connectivity index (χ1n) is 10.6. The number of hydrogen-bond acceptors (Lipinski definition) is 5. The average molecular weight is 504 g/mol. The van der Waals surface area contributed by atoms with Gasteiger partial charge in [0, 0.05) is 47.5 Å². The van der Waals surface area contributed by atoms with Crippen LogP contribution in [0.15, 0.2) is 54.7 Å². The monoisotopic (exact) mass is 504 g/mol. The van der Waals surface area contributed by atoms with Gasteiger partial charge in [-0.3, -0.25) is 4.98 Å². The zero-order valence-electron chi connectivity index (χ0n) is 19.7. The number of benzene rings is 1. The summed E-state index contributed by atoms with van der Waals surface area (Å²) >= 11 is 0. The van der Waals surface area contributed by atoms with E-state index in [1.54, 1.807) is 26.0 Å². The standard InChI is InChI=1S/C25H21F5N4O2/c1-24(2,21-11-15(35-3)10-19(31-21)17-6-5-14(26)9-18(17)27)22-12-16(36-4)13-23(32-22)34-8-7-20(33-34)25(28,29)30/h5-13H,1-4H3. The summed E-state index contributed by atoms with van der Waals surface area (Å²) in [6.45, 7) is 3.57. The van der Waals surface area contributed by atoms with Crippen molar-refractivity contribution in [2.24, 2.45) is 0 Å². The molecule has 0 aliphatic rings. The summed E-state index contributed by atoms with van der Waals surface area (Å²) in [5.74, 6) is -0.710. The molecule has 4 aromatic rings. The lowest BCUT2D eigenvalue weighted by molar-refractivity contribution is -0.141. The van der Waals surface area contributed by atoms with Crippen LogP contribution in [0.3, 0.4) is 0 Å². The van der Waals surface area contributed by atoms with Crippen LogP contribution >= 0.6 is 0 Å². The van der Waals surface area contributed by atoms with Gasteiger partial charge in [0.25, 0.3) is 0 Å². The Morgan fingerprint density at radius 1 is 0.778 bits per heavy atom. The van der Waals surface area contributed by atoms with E-state index in [0.29, 0.717) is 22.9 Å². The van der Waals surface area contributed by atoms with E-state index in [1.165, 1.54) is 32.4 Å². The average Bonchev–Trinajstić information content (AvgIpc) is 3.34. The van der Waals surface area contributed by atoms with Gasteiger partial charge >= 0.3 is 6.18 Å². The number of hydrogen-bond donors (Lipinski definition) is 0. The number of aromatic nitrogens is 4. The quantitative estimate of drug-likeness (QED) is 0.303. The van der Waals surface area contributed by atoms with Gasteiger partial charge in [-0.25, -0.2) is 18.4 Å². The number of ether oxygens (including phenoxy) is 2. The zero-order chi connectivity index (χ0) is 26.3. The van der Waals surface area contributed by atoms with Gasteiger partial charge in [0.2, 0.25) is 0 Å². The molecule has 0 spiro atoms. The smallest absolute Gasteiger partial charge is 0.435 e. The van der Waals surface area contributed by atoms with Crippen LogP contribution in [0.4, 0.5) is 22.0 Å². The molecule has 3 heterocycles. The molecule has 188 valence electrons. The third-order valence-electron chi connectivity index (χ3n) is 5.66. The molecule has 0 aliphatic carbocycles. The fourth-order valence-electron chi connectivity index (χ4n) is 3.56. The van der Waals surface area contributed by atoms with Gasteiger partial charge in [-0.05, 0) is 32.0 Å². The Morgan fingerprint density at radius 2 is 1.42 bits per heavy atom. The number of methoxy groups -OCH3 is 2. The molecule has 0 atom stereocenters. The molecule has 0 bridgehead atoms. The highest BCUT2D eigenvalue weighted by Crippen LogP contribution is 2.36. The molecule has 11 heteroatoms. The Bertz CT molecular complexity index is 1420. The van der Waals surface area contributed by atoms with Crippen LogP contribution in [-0.4, -0.2) is 34.0 Å². The van der Waals surface area contributed by atoms with Crippen LogP contribution in [-0.2, 0) is 11.6 Å². The highest BCUT2D eigenvalue weighted by atomic mass is 19.4. The largest absolute Gasteiger partial charge is 0.497 e. The van der Waals surface area contributed by atoms with Crippen molar-refractivity contribution in [3.05, 3.63) is 83.4 Å². The molecule has 1 aromatic carbocycles. The van der Waals surface area contributed by atoms with Gasteiger partial charge in [-0.15, -0.1) is 0 Å². The molecule has 0 radical (unpaired) electrons. The molecule has 3 aromatic heterocycles. The predicted octanol–water partition coefficient (Wildman–Crippen LogP) is 5.97. The topological polar surface area (TPSA) is 62.1 Å². The second kappa shape index (κ2) is 9.21. The maximum atomic E-state index is 14.5. The third-order valence-corrected chi connectivity index (χ3v) is 5.66. The summed E-state index contributed by atoms with van der Waals surface area (Å²) in [7, 11) is 2.86. The minimum atomic E-state index is -4.61. The summed E-state index contributed by atoms with van der Waals surface area (Å²) < 4.78 is 78.9. The summed E-state index contributed by atoms with van der Waals surface area (Å²) in [4.78, 5) is 9.12. The lowest BCUT2D eigenvalue weighted by Gasteiger charge is -2.26. The van der Waals surface area contributed by atoms with Gasteiger partial charge < -0.3 is 9.47 Å². The van der Waals surface area contributed by atoms with Gasteiger partial charge in [0.05, 0.1) is 31.3 Å². The number of pyridine rings is 2. The lowest BCUT2D eigenvalue weighted by atomic mass is 9.84. The van der Waals surface area contributed by atoms with Crippen LogP contribution in [0.5, 0.6) is 11.5 Å². The predicted molar refractivity (Wildman–Crippen MR) is 121 cm³/mol. The molecule has 0 aliphatic heterocycles. The highest BCUT2D eigenvalue weighted by Gasteiger charge is 2.34. The van der Waals surface area contributed by atoms with E-state index in [0.717, 1.165) is 29.1 Å². The van der Waals surface area contributed by atoms with Crippen LogP contribution in [0.2, 0.25) is 0 Å². The van der Waals surface area contributed by atoms with E-state index >= 15 is 0 Å². The fraction of sp³-hybridized carbons (Fsp3) is 0.240. The summed E-state index contributed by atoms with van der Waals surface area (Å²) in [6, 6.07) is 10.2. The van der Waals surface area contributed by atoms with Crippen LogP contribution in [0, 0.1) is 11.6 Å². The Morgan fingerprint density at radius 3 is 2.00 bits per heavy atom. The molecule has 0 saturated heterocycles. The van der Waals surface area contributed by atoms with Crippen molar-refractivity contribution in [3.8, 4) is 28.6 Å². The molecular weight excluding hydrogens is 483 g/mol. The van der Waals surface area contributed by atoms with E-state index in [9.17, 15) is 22.0 Å². The highest BCUT2D eigenvalue weighted by molar-refractivity contribution is 5.62. The molecule has 0 saturated carbocycles. The van der Waals surface area contributed by atoms with E-state index in [1.807, 2.05) is 0 Å². The molecule has 0 amide bonds. The fourth-order valence-corrected chi connectivity index (χ4v) is 3.56. The summed E-state index contributed by atoms with van der Waals surface area (Å²) in [5, 5.41) is 3.59. The van der Waals surface area contributed by atoms with E-state index in [2.05, 4.69) is 15.1 Å². The number of halogens is 5. The molecule has 4 rings (SSSR count). The second-order valence-electron chi connectivity index (χ2n) is 8.42. The second-order valence-corrected chi connectivity index (χ2v) is 8.42. The molecule has 0 fully saturated rings. The normalized spacial score (nSPS) is 12.0. The van der Waals surface area contributed by atoms with Crippen molar-refractivity contribution in [3.63, 3.8) is 0 Å². The Balaban J connectivity index is 1.84. The Hall–Kier alpha value is -4.02. The summed E-state index contributed by atoms with van der Waals surface area (Å²) in [5.41, 5.74) is -0.921. The van der Waals surface area contributed by atoms with Crippen LogP contribution < -0.4 is 9.47 Å². The maximum absolute atomic E-state index is 14.5. The number of alkyl halides is 3. The zero-order valence-corrected chi connectivity index (χ0v) is 19.7. The van der Waals surface area contributed by atoms with Gasteiger partial charge in [-0.1, -0.05) is 0 Å². The van der Waals surface area contributed by atoms with Crippen molar-refractivity contribution in [1.29, 1.82) is 0 Å². The first kappa shape index (κ1) is 25.1. The molecule has 0 N–H and O–H groups in total. The minimum Gasteiger partial charge on any atom is -0.497 e. The molecule has 0 unspecified atom stereocenters. The first-order valence-corrected chi connectivity index (χ1v) is 10.6. The number of rotatable bonds is 6. The van der Waals surface area contributed by atoms with Crippen molar-refractivity contribution >= 4 is 0 Å². The molecule has 36 heavy (non-hydrogen) atoms. The van der Waals surface area contributed by atoms with Crippen molar-refractivity contribution in [2.45, 2.75) is 25.4 Å². The van der Waals surface area contributed by atoms with Crippen molar-refractivity contribution in [1.82, 2.24) is 19.7 Å².